The first-order valence-corrected chi connectivity index (χ1v) is 8.96. The number of hydrogen-bond donors (Lipinski definition) is 1. The van der Waals surface area contributed by atoms with Crippen LogP contribution < -0.4 is 10.1 Å². The van der Waals surface area contributed by atoms with Crippen LogP contribution in [0.2, 0.25) is 0 Å². The summed E-state index contributed by atoms with van der Waals surface area (Å²) in [5.74, 6) is 0.0791. The molecule has 2 aromatic heterocycles. The zero-order chi connectivity index (χ0) is 20.6. The maximum atomic E-state index is 13.0. The Bertz CT molecular complexity index is 1120. The van der Waals surface area contributed by atoms with Crippen molar-refractivity contribution in [3.05, 3.63) is 53.7 Å². The molecular weight excluding hydrogens is 385 g/mol. The van der Waals surface area contributed by atoms with Gasteiger partial charge in [-0.15, -0.1) is 0 Å². The Labute approximate surface area is 164 Å². The molecule has 150 valence electrons. The highest BCUT2D eigenvalue weighted by molar-refractivity contribution is 6.07. The number of carbonyl (C=O) groups excluding carboxylic acids is 1. The molecule has 0 radical (unpaired) electrons. The fraction of sp³-hybridized carbons (Fsp3) is 0.250. The number of anilines is 1. The topological polar surface area (TPSA) is 69.0 Å². The highest BCUT2D eigenvalue weighted by Gasteiger charge is 2.32. The highest BCUT2D eigenvalue weighted by atomic mass is 19.4. The third kappa shape index (κ3) is 3.80. The molecule has 4 rings (SSSR count). The Morgan fingerprint density at radius 3 is 2.93 bits per heavy atom. The molecule has 1 aromatic carbocycles. The number of ether oxygens (including phenoxy) is 1. The maximum absolute atomic E-state index is 13.0. The third-order valence-electron chi connectivity index (χ3n) is 4.65. The molecule has 0 aliphatic carbocycles. The molecule has 0 unspecified atom stereocenters. The van der Waals surface area contributed by atoms with Gasteiger partial charge in [-0.05, 0) is 42.7 Å². The Balaban J connectivity index is 1.65. The second-order valence-corrected chi connectivity index (χ2v) is 6.67. The summed E-state index contributed by atoms with van der Waals surface area (Å²) in [7, 11) is 1.72. The predicted octanol–water partition coefficient (Wildman–Crippen LogP) is 4.18. The van der Waals surface area contributed by atoms with Crippen LogP contribution in [0.5, 0.6) is 5.75 Å². The normalized spacial score (nSPS) is 15.7. The van der Waals surface area contributed by atoms with Gasteiger partial charge in [0.2, 0.25) is 5.91 Å². The van der Waals surface area contributed by atoms with E-state index < -0.39 is 17.6 Å². The van der Waals surface area contributed by atoms with Crippen LogP contribution in [-0.2, 0) is 18.0 Å². The number of benzene rings is 1. The lowest BCUT2D eigenvalue weighted by Gasteiger charge is -2.13. The van der Waals surface area contributed by atoms with Crippen LogP contribution in [0.1, 0.15) is 24.0 Å². The number of alkyl halides is 3. The first-order valence-electron chi connectivity index (χ1n) is 8.96. The molecule has 0 saturated heterocycles. The summed E-state index contributed by atoms with van der Waals surface area (Å²) in [6.45, 7) is 0.282. The summed E-state index contributed by atoms with van der Waals surface area (Å²) < 4.78 is 46.0. The molecule has 9 heteroatoms. The van der Waals surface area contributed by atoms with Gasteiger partial charge >= 0.3 is 6.18 Å². The molecule has 1 aliphatic heterocycles. The molecule has 0 spiro atoms. The van der Waals surface area contributed by atoms with Crippen molar-refractivity contribution in [3.63, 3.8) is 0 Å². The molecule has 1 N–H and O–H groups in total. The molecule has 6 nitrogen and oxygen atoms in total. The van der Waals surface area contributed by atoms with Crippen LogP contribution in [-0.4, -0.2) is 27.3 Å². The largest absolute Gasteiger partial charge is 0.493 e. The number of allylic oxidation sites excluding steroid dienone is 1. The number of hydrogen-bond acceptors (Lipinski definition) is 4. The Morgan fingerprint density at radius 1 is 1.31 bits per heavy atom. The van der Waals surface area contributed by atoms with E-state index >= 15 is 0 Å². The van der Waals surface area contributed by atoms with Crippen LogP contribution in [0.3, 0.4) is 0 Å². The quantitative estimate of drug-likeness (QED) is 0.653. The highest BCUT2D eigenvalue weighted by Crippen LogP contribution is 2.38. The van der Waals surface area contributed by atoms with Gasteiger partial charge in [-0.2, -0.15) is 18.3 Å². The molecule has 29 heavy (non-hydrogen) atoms. The number of amides is 1. The summed E-state index contributed by atoms with van der Waals surface area (Å²) >= 11 is 0. The minimum atomic E-state index is -4.46. The molecule has 0 fully saturated rings. The van der Waals surface area contributed by atoms with Gasteiger partial charge in [0.1, 0.15) is 5.75 Å². The molecule has 1 amide bonds. The summed E-state index contributed by atoms with van der Waals surface area (Å²) in [4.78, 5) is 16.8. The van der Waals surface area contributed by atoms with E-state index in [1.54, 1.807) is 30.1 Å². The number of fused-ring (bicyclic) bond motifs is 2. The van der Waals surface area contributed by atoms with Gasteiger partial charge in [0.25, 0.3) is 0 Å². The predicted molar refractivity (Wildman–Crippen MR) is 101 cm³/mol. The van der Waals surface area contributed by atoms with Crippen LogP contribution in [0, 0.1) is 0 Å². The fourth-order valence-electron chi connectivity index (χ4n) is 3.31. The summed E-state index contributed by atoms with van der Waals surface area (Å²) in [5, 5.41) is 7.69. The summed E-state index contributed by atoms with van der Waals surface area (Å²) in [6.07, 6.45) is -0.338. The molecule has 3 heterocycles. The van der Waals surface area contributed by atoms with Crippen molar-refractivity contribution in [2.75, 3.05) is 11.9 Å². The molecule has 0 saturated carbocycles. The Morgan fingerprint density at radius 2 is 2.14 bits per heavy atom. The van der Waals surface area contributed by atoms with Crippen molar-refractivity contribution in [1.29, 1.82) is 0 Å². The van der Waals surface area contributed by atoms with E-state index in [4.69, 9.17) is 4.74 Å². The Kier molecular flexibility index (Phi) is 4.73. The van der Waals surface area contributed by atoms with E-state index in [1.165, 1.54) is 12.1 Å². The number of nitrogens with one attached hydrogen (secondary N) is 1. The van der Waals surface area contributed by atoms with E-state index in [-0.39, 0.29) is 12.4 Å². The number of aromatic nitrogens is 3. The Hall–Kier alpha value is -3.36. The van der Waals surface area contributed by atoms with Gasteiger partial charge in [-0.1, -0.05) is 6.07 Å². The van der Waals surface area contributed by atoms with E-state index in [0.29, 0.717) is 40.8 Å². The number of rotatable bonds is 2. The first-order chi connectivity index (χ1) is 13.8. The number of halogens is 3. The van der Waals surface area contributed by atoms with Crippen LogP contribution in [0.4, 0.5) is 19.0 Å². The second-order valence-electron chi connectivity index (χ2n) is 6.67. The zero-order valence-electron chi connectivity index (χ0n) is 15.5. The average molecular weight is 402 g/mol. The smallest absolute Gasteiger partial charge is 0.416 e. The van der Waals surface area contributed by atoms with Crippen molar-refractivity contribution >= 4 is 28.3 Å². The van der Waals surface area contributed by atoms with Gasteiger partial charge in [0, 0.05) is 24.9 Å². The standard InChI is InChI=1S/C20H17F3N4O2/c1-27-19-15(5-2-8-24-19)18(26-27)25-17(28)10-12-4-3-9-29-16-11-13(20(21,22)23)6-7-14(12)16/h2,5-8,10-11H,3-4,9H2,1H3,(H,25,26,28). The monoisotopic (exact) mass is 402 g/mol. The molecule has 3 aromatic rings. The second kappa shape index (κ2) is 7.23. The zero-order valence-corrected chi connectivity index (χ0v) is 15.5. The fourth-order valence-corrected chi connectivity index (χ4v) is 3.31. The van der Waals surface area contributed by atoms with E-state index in [9.17, 15) is 18.0 Å². The average Bonchev–Trinajstić information content (AvgIpc) is 2.85. The SMILES string of the molecule is Cn1nc(NC(=O)C=C2CCCOc3cc(C(F)(F)F)ccc32)c2cccnc21. The maximum Gasteiger partial charge on any atom is 0.416 e. The van der Waals surface area contributed by atoms with E-state index in [0.717, 1.165) is 12.1 Å². The van der Waals surface area contributed by atoms with Gasteiger partial charge in [0.15, 0.2) is 11.5 Å². The van der Waals surface area contributed by atoms with Gasteiger partial charge < -0.3 is 10.1 Å². The van der Waals surface area contributed by atoms with Crippen molar-refractivity contribution in [2.24, 2.45) is 7.05 Å². The number of aryl methyl sites for hydroxylation is 1. The van der Waals surface area contributed by atoms with Crippen LogP contribution in [0.25, 0.3) is 16.6 Å². The number of carbonyl (C=O) groups is 1. The van der Waals surface area contributed by atoms with Crippen molar-refractivity contribution in [1.82, 2.24) is 14.8 Å². The number of nitrogens with zero attached hydrogens (tertiary/aromatic N) is 3. The third-order valence-corrected chi connectivity index (χ3v) is 4.65. The van der Waals surface area contributed by atoms with Gasteiger partial charge in [-0.3, -0.25) is 4.79 Å². The van der Waals surface area contributed by atoms with Gasteiger partial charge in [-0.25, -0.2) is 9.67 Å². The van der Waals surface area contributed by atoms with Gasteiger partial charge in [0.05, 0.1) is 17.6 Å². The van der Waals surface area contributed by atoms with Crippen molar-refractivity contribution in [2.45, 2.75) is 19.0 Å². The lowest BCUT2D eigenvalue weighted by Crippen LogP contribution is -2.10. The van der Waals surface area contributed by atoms with Crippen LogP contribution >= 0.6 is 0 Å². The lowest BCUT2D eigenvalue weighted by molar-refractivity contribution is -0.137. The minimum Gasteiger partial charge on any atom is -0.493 e. The molecule has 1 aliphatic rings. The molecular formula is C20H17F3N4O2. The van der Waals surface area contributed by atoms with E-state index in [1.807, 2.05) is 0 Å². The van der Waals surface area contributed by atoms with Crippen LogP contribution in [0.15, 0.2) is 42.6 Å². The van der Waals surface area contributed by atoms with E-state index in [2.05, 4.69) is 15.4 Å². The summed E-state index contributed by atoms with van der Waals surface area (Å²) in [5.41, 5.74) is 0.943. The lowest BCUT2D eigenvalue weighted by atomic mass is 9.99. The minimum absolute atomic E-state index is 0.129. The molecule has 0 atom stereocenters. The van der Waals surface area contributed by atoms with Crippen molar-refractivity contribution in [3.8, 4) is 5.75 Å². The first kappa shape index (κ1) is 19.0. The molecule has 0 bridgehead atoms. The summed E-state index contributed by atoms with van der Waals surface area (Å²) in [6, 6.07) is 6.87. The van der Waals surface area contributed by atoms with Crippen molar-refractivity contribution < 1.29 is 22.7 Å². The number of pyridine rings is 1.